The molecule has 0 aromatic heterocycles. The summed E-state index contributed by atoms with van der Waals surface area (Å²) >= 11 is 0. The van der Waals surface area contributed by atoms with E-state index < -0.39 is 0 Å². The summed E-state index contributed by atoms with van der Waals surface area (Å²) < 4.78 is 0. The molecule has 3 heteroatoms. The average molecular weight is 254 g/mol. The molecule has 1 heterocycles. The Morgan fingerprint density at radius 3 is 2.47 bits per heavy atom. The van der Waals surface area contributed by atoms with Gasteiger partial charge in [0.05, 0.1) is 0 Å². The number of hydrogen-bond donors (Lipinski definition) is 3. The van der Waals surface area contributed by atoms with E-state index in [1.54, 1.807) is 0 Å². The van der Waals surface area contributed by atoms with E-state index in [0.29, 0.717) is 0 Å². The van der Waals surface area contributed by atoms with Gasteiger partial charge in [-0.05, 0) is 55.2 Å². The molecule has 1 aliphatic heterocycles. The van der Waals surface area contributed by atoms with Crippen LogP contribution in [0.5, 0.6) is 0 Å². The molecule has 0 amide bonds. The minimum absolute atomic E-state index is 0.775. The standard InChI is InChI=1S/C9H12N2.C7H8N/c10-8-4-3-7-2-1-5-11-9(7)6-8;1-6-3-2-4-7(8)5-6/h3-4,6,11H,1-2,5,10H2;2-5H,1,8H2. The van der Waals surface area contributed by atoms with Crippen LogP contribution in [0.4, 0.5) is 17.1 Å². The van der Waals surface area contributed by atoms with Gasteiger partial charge >= 0.3 is 0 Å². The van der Waals surface area contributed by atoms with Crippen molar-refractivity contribution in [1.29, 1.82) is 0 Å². The summed E-state index contributed by atoms with van der Waals surface area (Å²) in [7, 11) is 0. The van der Waals surface area contributed by atoms with Crippen molar-refractivity contribution in [3.05, 3.63) is 60.5 Å². The van der Waals surface area contributed by atoms with Crippen LogP contribution in [0.15, 0.2) is 42.5 Å². The molecule has 0 bridgehead atoms. The normalized spacial score (nSPS) is 12.7. The van der Waals surface area contributed by atoms with Crippen molar-refractivity contribution < 1.29 is 0 Å². The Morgan fingerprint density at radius 2 is 1.79 bits per heavy atom. The maximum Gasteiger partial charge on any atom is 0.0393 e. The van der Waals surface area contributed by atoms with Crippen LogP contribution >= 0.6 is 0 Å². The Bertz CT molecular complexity index is 532. The fourth-order valence-electron chi connectivity index (χ4n) is 2.07. The number of nitrogens with two attached hydrogens (primary N) is 2. The van der Waals surface area contributed by atoms with Crippen molar-refractivity contribution in [2.24, 2.45) is 0 Å². The van der Waals surface area contributed by atoms with Crippen LogP contribution < -0.4 is 16.8 Å². The first-order valence-electron chi connectivity index (χ1n) is 6.45. The minimum Gasteiger partial charge on any atom is -0.399 e. The summed E-state index contributed by atoms with van der Waals surface area (Å²) in [6, 6.07) is 13.6. The third kappa shape index (κ3) is 3.91. The van der Waals surface area contributed by atoms with E-state index in [0.717, 1.165) is 23.5 Å². The van der Waals surface area contributed by atoms with Gasteiger partial charge in [-0.2, -0.15) is 0 Å². The highest BCUT2D eigenvalue weighted by Gasteiger charge is 2.06. The lowest BCUT2D eigenvalue weighted by Crippen LogP contribution is -2.11. The van der Waals surface area contributed by atoms with E-state index in [2.05, 4.69) is 18.3 Å². The SMILES string of the molecule is Nc1ccc2c(c1)NCCC2.[CH2]c1cccc(N)c1. The molecule has 0 unspecified atom stereocenters. The average Bonchev–Trinajstić information content (AvgIpc) is 2.39. The zero-order valence-electron chi connectivity index (χ0n) is 11.0. The number of anilines is 3. The van der Waals surface area contributed by atoms with Gasteiger partial charge in [0.25, 0.3) is 0 Å². The number of rotatable bonds is 0. The lowest BCUT2D eigenvalue weighted by molar-refractivity contribution is 0.830. The van der Waals surface area contributed by atoms with Gasteiger partial charge in [0.2, 0.25) is 0 Å². The monoisotopic (exact) mass is 254 g/mol. The van der Waals surface area contributed by atoms with Crippen LogP contribution in [0, 0.1) is 6.92 Å². The molecule has 2 aromatic rings. The minimum atomic E-state index is 0.775. The maximum absolute atomic E-state index is 5.64. The van der Waals surface area contributed by atoms with Gasteiger partial charge in [-0.1, -0.05) is 18.2 Å². The summed E-state index contributed by atoms with van der Waals surface area (Å²) in [5.41, 5.74) is 16.3. The lowest BCUT2D eigenvalue weighted by Gasteiger charge is -2.17. The van der Waals surface area contributed by atoms with Gasteiger partial charge in [0.15, 0.2) is 0 Å². The van der Waals surface area contributed by atoms with Gasteiger partial charge in [-0.3, -0.25) is 0 Å². The topological polar surface area (TPSA) is 64.1 Å². The Kier molecular flexibility index (Phi) is 4.29. The second-order valence-electron chi connectivity index (χ2n) is 4.69. The first-order chi connectivity index (χ1) is 9.15. The second-order valence-corrected chi connectivity index (χ2v) is 4.69. The molecule has 19 heavy (non-hydrogen) atoms. The number of nitrogens with one attached hydrogen (secondary N) is 1. The first-order valence-corrected chi connectivity index (χ1v) is 6.45. The van der Waals surface area contributed by atoms with Crippen LogP contribution in [0.25, 0.3) is 0 Å². The third-order valence-electron chi connectivity index (χ3n) is 3.02. The first kappa shape index (κ1) is 13.3. The fraction of sp³-hybridized carbons (Fsp3) is 0.188. The highest BCUT2D eigenvalue weighted by molar-refractivity contribution is 5.60. The predicted octanol–water partition coefficient (Wildman–Crippen LogP) is 3.08. The molecule has 3 nitrogen and oxygen atoms in total. The quantitative estimate of drug-likeness (QED) is 0.633. The van der Waals surface area contributed by atoms with Crippen LogP contribution in [0.2, 0.25) is 0 Å². The molecule has 99 valence electrons. The largest absolute Gasteiger partial charge is 0.399 e. The molecule has 0 saturated carbocycles. The molecule has 0 aliphatic carbocycles. The van der Waals surface area contributed by atoms with E-state index in [4.69, 9.17) is 11.5 Å². The van der Waals surface area contributed by atoms with Crippen LogP contribution in [-0.2, 0) is 6.42 Å². The molecule has 2 aromatic carbocycles. The number of nitrogen functional groups attached to an aromatic ring is 2. The highest BCUT2D eigenvalue weighted by Crippen LogP contribution is 2.23. The van der Waals surface area contributed by atoms with E-state index in [1.165, 1.54) is 24.1 Å². The Morgan fingerprint density at radius 1 is 1.00 bits per heavy atom. The van der Waals surface area contributed by atoms with Gasteiger partial charge in [-0.25, -0.2) is 0 Å². The van der Waals surface area contributed by atoms with Gasteiger partial charge in [0.1, 0.15) is 0 Å². The van der Waals surface area contributed by atoms with E-state index in [-0.39, 0.29) is 0 Å². The Labute approximate surface area is 114 Å². The molecule has 0 saturated heterocycles. The van der Waals surface area contributed by atoms with Crippen molar-refractivity contribution in [1.82, 2.24) is 0 Å². The Balaban J connectivity index is 0.000000148. The molecule has 1 radical (unpaired) electrons. The van der Waals surface area contributed by atoms with Crippen LogP contribution in [0.3, 0.4) is 0 Å². The molecule has 0 spiro atoms. The van der Waals surface area contributed by atoms with Gasteiger partial charge in [0, 0.05) is 23.6 Å². The van der Waals surface area contributed by atoms with Crippen molar-refractivity contribution in [2.75, 3.05) is 23.3 Å². The van der Waals surface area contributed by atoms with Gasteiger partial charge < -0.3 is 16.8 Å². The molecular formula is C16H20N3. The summed E-state index contributed by atoms with van der Waals surface area (Å²) in [4.78, 5) is 0. The van der Waals surface area contributed by atoms with E-state index >= 15 is 0 Å². The third-order valence-corrected chi connectivity index (χ3v) is 3.02. The van der Waals surface area contributed by atoms with E-state index in [1.807, 2.05) is 36.4 Å². The number of benzene rings is 2. The van der Waals surface area contributed by atoms with E-state index in [9.17, 15) is 0 Å². The van der Waals surface area contributed by atoms with Gasteiger partial charge in [-0.15, -0.1) is 0 Å². The zero-order chi connectivity index (χ0) is 13.7. The summed E-state index contributed by atoms with van der Waals surface area (Å²) in [6.07, 6.45) is 2.42. The van der Waals surface area contributed by atoms with Crippen molar-refractivity contribution in [3.63, 3.8) is 0 Å². The fourth-order valence-corrected chi connectivity index (χ4v) is 2.07. The Hall–Kier alpha value is -2.16. The molecule has 1 aliphatic rings. The summed E-state index contributed by atoms with van der Waals surface area (Å²) in [6.45, 7) is 4.78. The summed E-state index contributed by atoms with van der Waals surface area (Å²) in [5.74, 6) is 0. The number of fused-ring (bicyclic) bond motifs is 1. The molecular weight excluding hydrogens is 234 g/mol. The maximum atomic E-state index is 5.64. The lowest BCUT2D eigenvalue weighted by atomic mass is 10.0. The smallest absolute Gasteiger partial charge is 0.0393 e. The van der Waals surface area contributed by atoms with Crippen LogP contribution in [-0.4, -0.2) is 6.54 Å². The van der Waals surface area contributed by atoms with Crippen molar-refractivity contribution in [3.8, 4) is 0 Å². The molecule has 5 N–H and O–H groups in total. The van der Waals surface area contributed by atoms with Crippen molar-refractivity contribution in [2.45, 2.75) is 12.8 Å². The highest BCUT2D eigenvalue weighted by atomic mass is 14.9. The molecule has 0 fully saturated rings. The van der Waals surface area contributed by atoms with Crippen LogP contribution in [0.1, 0.15) is 17.5 Å². The molecule has 3 rings (SSSR count). The predicted molar refractivity (Wildman–Crippen MR) is 83.0 cm³/mol. The zero-order valence-corrected chi connectivity index (χ0v) is 11.0. The molecule has 0 atom stereocenters. The summed E-state index contributed by atoms with van der Waals surface area (Å²) in [5, 5.41) is 3.32. The number of aryl methyl sites for hydroxylation is 1. The second kappa shape index (κ2) is 6.14. The number of hydrogen-bond acceptors (Lipinski definition) is 3. The van der Waals surface area contributed by atoms with Crippen molar-refractivity contribution >= 4 is 17.1 Å².